The zero-order valence-electron chi connectivity index (χ0n) is 18.9. The molecule has 0 aliphatic heterocycles. The van der Waals surface area contributed by atoms with Crippen LogP contribution in [0.15, 0.2) is 71.9 Å². The lowest BCUT2D eigenvalue weighted by Gasteiger charge is -2.17. The van der Waals surface area contributed by atoms with Crippen molar-refractivity contribution in [1.82, 2.24) is 19.5 Å². The summed E-state index contributed by atoms with van der Waals surface area (Å²) in [5.41, 5.74) is 7.33. The Labute approximate surface area is 199 Å². The van der Waals surface area contributed by atoms with Crippen molar-refractivity contribution in [1.29, 1.82) is 0 Å². The molecule has 7 nitrogen and oxygen atoms in total. The SMILES string of the molecule is Cc1cc(N)nc(C(F)(F)F)c1CNc1nccnc1Cc1ccc(Cn2ccccc2=O)cc1. The number of nitrogens with two attached hydrogens (primary N) is 1. The van der Waals surface area contributed by atoms with Gasteiger partial charge in [0.15, 0.2) is 5.69 Å². The van der Waals surface area contributed by atoms with Crippen LogP contribution in [0.5, 0.6) is 0 Å². The van der Waals surface area contributed by atoms with Crippen LogP contribution in [0.2, 0.25) is 0 Å². The number of benzene rings is 1. The molecule has 0 aliphatic rings. The molecule has 0 saturated heterocycles. The van der Waals surface area contributed by atoms with Crippen molar-refractivity contribution in [2.45, 2.75) is 32.6 Å². The standard InChI is InChI=1S/C25H23F3N6O/c1-16-12-21(29)33-23(25(26,27)28)19(16)14-32-24-20(30-9-10-31-24)13-17-5-7-18(8-6-17)15-34-11-3-2-4-22(34)35/h2-12H,13-15H2,1H3,(H2,29,33)(H,31,32). The summed E-state index contributed by atoms with van der Waals surface area (Å²) in [7, 11) is 0. The Morgan fingerprint density at radius 3 is 2.46 bits per heavy atom. The molecule has 3 N–H and O–H groups in total. The van der Waals surface area contributed by atoms with Gasteiger partial charge in [0, 0.05) is 43.2 Å². The third-order valence-electron chi connectivity index (χ3n) is 5.49. The van der Waals surface area contributed by atoms with Crippen molar-refractivity contribution in [2.24, 2.45) is 0 Å². The Morgan fingerprint density at radius 1 is 1.03 bits per heavy atom. The first-order valence-corrected chi connectivity index (χ1v) is 10.8. The molecule has 4 rings (SSSR count). The first-order chi connectivity index (χ1) is 16.7. The monoisotopic (exact) mass is 480 g/mol. The van der Waals surface area contributed by atoms with Crippen LogP contribution in [0, 0.1) is 6.92 Å². The van der Waals surface area contributed by atoms with Gasteiger partial charge in [-0.1, -0.05) is 30.3 Å². The number of hydrogen-bond donors (Lipinski definition) is 2. The van der Waals surface area contributed by atoms with Gasteiger partial charge < -0.3 is 15.6 Å². The van der Waals surface area contributed by atoms with Crippen LogP contribution in [-0.4, -0.2) is 19.5 Å². The smallest absolute Gasteiger partial charge is 0.384 e. The Balaban J connectivity index is 1.50. The van der Waals surface area contributed by atoms with E-state index in [-0.39, 0.29) is 23.5 Å². The van der Waals surface area contributed by atoms with Gasteiger partial charge >= 0.3 is 6.18 Å². The van der Waals surface area contributed by atoms with Crippen molar-refractivity contribution in [3.05, 3.63) is 111 Å². The van der Waals surface area contributed by atoms with Crippen molar-refractivity contribution < 1.29 is 13.2 Å². The van der Waals surface area contributed by atoms with Gasteiger partial charge in [0.2, 0.25) is 0 Å². The van der Waals surface area contributed by atoms with Gasteiger partial charge in [0.05, 0.1) is 12.2 Å². The second-order valence-electron chi connectivity index (χ2n) is 8.05. The molecule has 0 saturated carbocycles. The van der Waals surface area contributed by atoms with E-state index in [2.05, 4.69) is 20.3 Å². The normalized spacial score (nSPS) is 11.4. The van der Waals surface area contributed by atoms with Crippen LogP contribution in [-0.2, 0) is 25.7 Å². The summed E-state index contributed by atoms with van der Waals surface area (Å²) in [5, 5.41) is 2.98. The van der Waals surface area contributed by atoms with Crippen molar-refractivity contribution >= 4 is 11.6 Å². The van der Waals surface area contributed by atoms with Gasteiger partial charge in [-0.15, -0.1) is 0 Å². The van der Waals surface area contributed by atoms with Crippen LogP contribution in [0.3, 0.4) is 0 Å². The van der Waals surface area contributed by atoms with Gasteiger partial charge in [-0.25, -0.2) is 9.97 Å². The average Bonchev–Trinajstić information content (AvgIpc) is 2.81. The molecule has 1 aromatic carbocycles. The van der Waals surface area contributed by atoms with E-state index in [1.54, 1.807) is 29.8 Å². The molecule has 180 valence electrons. The number of nitrogens with zero attached hydrogens (tertiary/aromatic N) is 4. The van der Waals surface area contributed by atoms with Gasteiger partial charge in [0.25, 0.3) is 5.56 Å². The second-order valence-corrected chi connectivity index (χ2v) is 8.05. The number of aryl methyl sites for hydroxylation is 1. The molecule has 3 heterocycles. The Hall–Kier alpha value is -4.21. The van der Waals surface area contributed by atoms with E-state index in [1.165, 1.54) is 24.5 Å². The predicted octanol–water partition coefficient (Wildman–Crippen LogP) is 4.19. The van der Waals surface area contributed by atoms with Crippen LogP contribution < -0.4 is 16.6 Å². The molecule has 0 atom stereocenters. The summed E-state index contributed by atoms with van der Waals surface area (Å²) in [6.45, 7) is 1.88. The molecule has 10 heteroatoms. The number of rotatable bonds is 7. The highest BCUT2D eigenvalue weighted by atomic mass is 19.4. The van der Waals surface area contributed by atoms with E-state index in [0.29, 0.717) is 30.0 Å². The van der Waals surface area contributed by atoms with Crippen LogP contribution in [0.25, 0.3) is 0 Å². The molecule has 3 aromatic heterocycles. The highest BCUT2D eigenvalue weighted by Crippen LogP contribution is 2.33. The number of halogens is 3. The minimum atomic E-state index is -4.63. The number of nitrogens with one attached hydrogen (secondary N) is 1. The number of nitrogen functional groups attached to an aromatic ring is 1. The van der Waals surface area contributed by atoms with Crippen LogP contribution in [0.4, 0.5) is 24.8 Å². The molecule has 0 amide bonds. The van der Waals surface area contributed by atoms with E-state index < -0.39 is 11.9 Å². The fourth-order valence-electron chi connectivity index (χ4n) is 3.74. The average molecular weight is 480 g/mol. The van der Waals surface area contributed by atoms with E-state index >= 15 is 0 Å². The molecule has 0 aliphatic carbocycles. The van der Waals surface area contributed by atoms with Gasteiger partial charge in [-0.05, 0) is 35.7 Å². The quantitative estimate of drug-likeness (QED) is 0.412. The van der Waals surface area contributed by atoms with Gasteiger partial charge in [-0.3, -0.25) is 9.78 Å². The molecule has 0 bridgehead atoms. The number of pyridine rings is 2. The number of hydrogen-bond acceptors (Lipinski definition) is 6. The maximum atomic E-state index is 13.5. The first-order valence-electron chi connectivity index (χ1n) is 10.8. The maximum Gasteiger partial charge on any atom is 0.433 e. The molecular weight excluding hydrogens is 457 g/mol. The molecule has 0 unspecified atom stereocenters. The lowest BCUT2D eigenvalue weighted by molar-refractivity contribution is -0.141. The third kappa shape index (κ3) is 5.84. The Kier molecular flexibility index (Phi) is 6.81. The zero-order valence-corrected chi connectivity index (χ0v) is 18.9. The molecule has 0 spiro atoms. The van der Waals surface area contributed by atoms with E-state index in [1.807, 2.05) is 24.3 Å². The molecule has 0 fully saturated rings. The molecule has 0 radical (unpaired) electrons. The number of alkyl halides is 3. The summed E-state index contributed by atoms with van der Waals surface area (Å²) < 4.78 is 42.1. The number of aromatic nitrogens is 4. The minimum Gasteiger partial charge on any atom is -0.384 e. The highest BCUT2D eigenvalue weighted by Gasteiger charge is 2.36. The Morgan fingerprint density at radius 2 is 1.74 bits per heavy atom. The summed E-state index contributed by atoms with van der Waals surface area (Å²) in [6.07, 6.45) is 0.539. The third-order valence-corrected chi connectivity index (χ3v) is 5.49. The highest BCUT2D eigenvalue weighted by molar-refractivity contribution is 5.47. The van der Waals surface area contributed by atoms with Crippen molar-refractivity contribution in [2.75, 3.05) is 11.1 Å². The summed E-state index contributed by atoms with van der Waals surface area (Å²) >= 11 is 0. The fourth-order valence-corrected chi connectivity index (χ4v) is 3.74. The lowest BCUT2D eigenvalue weighted by Crippen LogP contribution is -2.18. The van der Waals surface area contributed by atoms with E-state index in [9.17, 15) is 18.0 Å². The predicted molar refractivity (Wildman–Crippen MR) is 127 cm³/mol. The lowest BCUT2D eigenvalue weighted by atomic mass is 10.1. The maximum absolute atomic E-state index is 13.5. The first kappa shape index (κ1) is 23.9. The summed E-state index contributed by atoms with van der Waals surface area (Å²) in [4.78, 5) is 24.1. The largest absolute Gasteiger partial charge is 0.433 e. The van der Waals surface area contributed by atoms with Gasteiger partial charge in [0.1, 0.15) is 11.6 Å². The summed E-state index contributed by atoms with van der Waals surface area (Å²) in [5.74, 6) is 0.205. The minimum absolute atomic E-state index is 0.00353. The van der Waals surface area contributed by atoms with Gasteiger partial charge in [-0.2, -0.15) is 13.2 Å². The fraction of sp³-hybridized carbons (Fsp3) is 0.200. The van der Waals surface area contributed by atoms with Crippen LogP contribution >= 0.6 is 0 Å². The van der Waals surface area contributed by atoms with Crippen molar-refractivity contribution in [3.63, 3.8) is 0 Å². The zero-order chi connectivity index (χ0) is 25.0. The van der Waals surface area contributed by atoms with Crippen molar-refractivity contribution in [3.8, 4) is 0 Å². The molecule has 4 aromatic rings. The van der Waals surface area contributed by atoms with E-state index in [4.69, 9.17) is 5.73 Å². The topological polar surface area (TPSA) is 98.7 Å². The molecular formula is C25H23F3N6O. The van der Waals surface area contributed by atoms with E-state index in [0.717, 1.165) is 11.1 Å². The summed E-state index contributed by atoms with van der Waals surface area (Å²) in [6, 6.07) is 14.1. The number of anilines is 2. The second kappa shape index (κ2) is 9.96. The molecule has 35 heavy (non-hydrogen) atoms. The van der Waals surface area contributed by atoms with Crippen LogP contribution in [0.1, 0.15) is 33.6 Å². The Bertz CT molecular complexity index is 1380.